The monoisotopic (exact) mass is 280 g/mol. The van der Waals surface area contributed by atoms with Gasteiger partial charge < -0.3 is 0 Å². The number of aromatic nitrogens is 2. The normalized spacial score (nSPS) is 10.7. The van der Waals surface area contributed by atoms with Gasteiger partial charge in [-0.25, -0.2) is 9.97 Å². The predicted octanol–water partition coefficient (Wildman–Crippen LogP) is 4.25. The Morgan fingerprint density at radius 3 is 2.06 bits per heavy atom. The Bertz CT molecular complexity index is 527. The zero-order valence-corrected chi connectivity index (χ0v) is 11.9. The van der Waals surface area contributed by atoms with Gasteiger partial charge in [0.1, 0.15) is 16.1 Å². The van der Waals surface area contributed by atoms with E-state index in [4.69, 9.17) is 23.2 Å². The van der Waals surface area contributed by atoms with Crippen molar-refractivity contribution in [2.75, 3.05) is 0 Å². The Balaban J connectivity index is 2.27. The van der Waals surface area contributed by atoms with Gasteiger partial charge in [0.25, 0.3) is 0 Å². The van der Waals surface area contributed by atoms with E-state index in [0.29, 0.717) is 22.6 Å². The molecule has 0 saturated heterocycles. The molecule has 2 aromatic rings. The molecule has 1 heterocycles. The SMILES string of the molecule is CCc1c(Cl)nc(Cc2ccc(C)cc2)nc1Cl. The van der Waals surface area contributed by atoms with Crippen molar-refractivity contribution in [3.05, 3.63) is 57.1 Å². The van der Waals surface area contributed by atoms with Gasteiger partial charge in [-0.1, -0.05) is 60.0 Å². The molecule has 1 aromatic heterocycles. The van der Waals surface area contributed by atoms with Crippen LogP contribution in [0.1, 0.15) is 29.4 Å². The number of hydrogen-bond donors (Lipinski definition) is 0. The van der Waals surface area contributed by atoms with Gasteiger partial charge in [0.15, 0.2) is 0 Å². The van der Waals surface area contributed by atoms with Gasteiger partial charge in [-0.05, 0) is 18.9 Å². The summed E-state index contributed by atoms with van der Waals surface area (Å²) in [6.07, 6.45) is 1.38. The van der Waals surface area contributed by atoms with E-state index in [9.17, 15) is 0 Å². The first kappa shape index (κ1) is 13.3. The maximum atomic E-state index is 6.09. The molecule has 18 heavy (non-hydrogen) atoms. The van der Waals surface area contributed by atoms with Crippen LogP contribution in [0.15, 0.2) is 24.3 Å². The van der Waals surface area contributed by atoms with Crippen molar-refractivity contribution < 1.29 is 0 Å². The maximum absolute atomic E-state index is 6.09. The fourth-order valence-electron chi connectivity index (χ4n) is 1.73. The lowest BCUT2D eigenvalue weighted by atomic mass is 10.1. The third kappa shape index (κ3) is 3.01. The summed E-state index contributed by atoms with van der Waals surface area (Å²) in [7, 11) is 0. The van der Waals surface area contributed by atoms with Crippen molar-refractivity contribution in [1.29, 1.82) is 0 Å². The molecule has 0 bridgehead atoms. The lowest BCUT2D eigenvalue weighted by molar-refractivity contribution is 0.936. The van der Waals surface area contributed by atoms with Crippen molar-refractivity contribution >= 4 is 23.2 Å². The van der Waals surface area contributed by atoms with Crippen molar-refractivity contribution in [2.24, 2.45) is 0 Å². The molecular weight excluding hydrogens is 267 g/mol. The summed E-state index contributed by atoms with van der Waals surface area (Å²) in [6.45, 7) is 4.04. The first-order valence-electron chi connectivity index (χ1n) is 5.86. The highest BCUT2D eigenvalue weighted by Crippen LogP contribution is 2.22. The molecule has 2 nitrogen and oxygen atoms in total. The van der Waals surface area contributed by atoms with Crippen molar-refractivity contribution in [3.63, 3.8) is 0 Å². The van der Waals surface area contributed by atoms with Crippen LogP contribution in [0, 0.1) is 6.92 Å². The maximum Gasteiger partial charge on any atom is 0.137 e. The summed E-state index contributed by atoms with van der Waals surface area (Å²) < 4.78 is 0. The second kappa shape index (κ2) is 5.68. The van der Waals surface area contributed by atoms with Crippen LogP contribution in [0.3, 0.4) is 0 Å². The van der Waals surface area contributed by atoms with E-state index in [-0.39, 0.29) is 0 Å². The van der Waals surface area contributed by atoms with Gasteiger partial charge >= 0.3 is 0 Å². The van der Waals surface area contributed by atoms with Crippen LogP contribution in [0.4, 0.5) is 0 Å². The third-order valence-electron chi connectivity index (χ3n) is 2.79. The van der Waals surface area contributed by atoms with E-state index >= 15 is 0 Å². The molecule has 0 atom stereocenters. The van der Waals surface area contributed by atoms with E-state index < -0.39 is 0 Å². The van der Waals surface area contributed by atoms with Crippen LogP contribution in [0.2, 0.25) is 10.3 Å². The molecule has 0 fully saturated rings. The Hall–Kier alpha value is -1.12. The standard InChI is InChI=1S/C14H14Cl2N2/c1-3-11-13(15)17-12(18-14(11)16)8-10-6-4-9(2)5-7-10/h4-7H,3,8H2,1-2H3. The Kier molecular flexibility index (Phi) is 4.20. The number of nitrogens with zero attached hydrogens (tertiary/aromatic N) is 2. The molecule has 0 radical (unpaired) electrons. The second-order valence-electron chi connectivity index (χ2n) is 4.22. The minimum absolute atomic E-state index is 0.458. The summed E-state index contributed by atoms with van der Waals surface area (Å²) >= 11 is 12.2. The fourth-order valence-corrected chi connectivity index (χ4v) is 2.42. The van der Waals surface area contributed by atoms with E-state index in [2.05, 4.69) is 41.2 Å². The van der Waals surface area contributed by atoms with E-state index in [1.54, 1.807) is 0 Å². The highest BCUT2D eigenvalue weighted by Gasteiger charge is 2.10. The first-order valence-corrected chi connectivity index (χ1v) is 6.62. The molecule has 1 aromatic carbocycles. The smallest absolute Gasteiger partial charge is 0.137 e. The molecular formula is C14H14Cl2N2. The summed E-state index contributed by atoms with van der Waals surface area (Å²) in [5.41, 5.74) is 3.19. The molecule has 2 rings (SSSR count). The van der Waals surface area contributed by atoms with Crippen LogP contribution >= 0.6 is 23.2 Å². The lowest BCUT2D eigenvalue weighted by Gasteiger charge is -2.06. The van der Waals surface area contributed by atoms with Gasteiger partial charge in [-0.3, -0.25) is 0 Å². The van der Waals surface area contributed by atoms with Crippen LogP contribution in [0.5, 0.6) is 0 Å². The lowest BCUT2D eigenvalue weighted by Crippen LogP contribution is -2.01. The first-order chi connectivity index (χ1) is 8.60. The number of halogens is 2. The summed E-state index contributed by atoms with van der Waals surface area (Å²) in [5, 5.41) is 0.916. The van der Waals surface area contributed by atoms with Crippen molar-refractivity contribution in [3.8, 4) is 0 Å². The van der Waals surface area contributed by atoms with Crippen LogP contribution in [-0.4, -0.2) is 9.97 Å². The zero-order chi connectivity index (χ0) is 13.1. The summed E-state index contributed by atoms with van der Waals surface area (Å²) in [5.74, 6) is 0.658. The minimum Gasteiger partial charge on any atom is -0.220 e. The fraction of sp³-hybridized carbons (Fsp3) is 0.286. The van der Waals surface area contributed by atoms with E-state index in [1.165, 1.54) is 5.56 Å². The second-order valence-corrected chi connectivity index (χ2v) is 4.93. The minimum atomic E-state index is 0.458. The average molecular weight is 281 g/mol. The quantitative estimate of drug-likeness (QED) is 0.786. The molecule has 0 spiro atoms. The Morgan fingerprint density at radius 1 is 1.00 bits per heavy atom. The summed E-state index contributed by atoms with van der Waals surface area (Å²) in [4.78, 5) is 8.58. The number of hydrogen-bond acceptors (Lipinski definition) is 2. The van der Waals surface area contributed by atoms with Crippen LogP contribution < -0.4 is 0 Å². The number of aryl methyl sites for hydroxylation is 1. The molecule has 0 saturated carbocycles. The Labute approximate surface area is 117 Å². The predicted molar refractivity (Wildman–Crippen MR) is 75.4 cm³/mol. The van der Waals surface area contributed by atoms with Gasteiger partial charge in [-0.15, -0.1) is 0 Å². The van der Waals surface area contributed by atoms with Crippen molar-refractivity contribution in [1.82, 2.24) is 9.97 Å². The topological polar surface area (TPSA) is 25.8 Å². The Morgan fingerprint density at radius 2 is 1.56 bits per heavy atom. The molecule has 0 aliphatic carbocycles. The summed E-state index contributed by atoms with van der Waals surface area (Å²) in [6, 6.07) is 8.26. The zero-order valence-electron chi connectivity index (χ0n) is 10.4. The average Bonchev–Trinajstić information content (AvgIpc) is 2.32. The van der Waals surface area contributed by atoms with Crippen molar-refractivity contribution in [2.45, 2.75) is 26.7 Å². The number of rotatable bonds is 3. The highest BCUT2D eigenvalue weighted by molar-refractivity contribution is 6.34. The van der Waals surface area contributed by atoms with Gasteiger partial charge in [-0.2, -0.15) is 0 Å². The third-order valence-corrected chi connectivity index (χ3v) is 3.41. The van der Waals surface area contributed by atoms with E-state index in [1.807, 2.05) is 6.92 Å². The largest absolute Gasteiger partial charge is 0.220 e. The molecule has 94 valence electrons. The van der Waals surface area contributed by atoms with Crippen LogP contribution in [0.25, 0.3) is 0 Å². The molecule has 0 amide bonds. The van der Waals surface area contributed by atoms with Crippen LogP contribution in [-0.2, 0) is 12.8 Å². The van der Waals surface area contributed by atoms with Gasteiger partial charge in [0.2, 0.25) is 0 Å². The van der Waals surface area contributed by atoms with Gasteiger partial charge in [0.05, 0.1) is 0 Å². The molecule has 0 aliphatic rings. The molecule has 4 heteroatoms. The molecule has 0 unspecified atom stereocenters. The molecule has 0 N–H and O–H groups in total. The van der Waals surface area contributed by atoms with E-state index in [0.717, 1.165) is 17.5 Å². The number of benzene rings is 1. The van der Waals surface area contributed by atoms with Gasteiger partial charge in [0, 0.05) is 12.0 Å². The highest BCUT2D eigenvalue weighted by atomic mass is 35.5. The molecule has 0 aliphatic heterocycles.